The number of aromatic nitrogens is 1. The molecule has 1 aliphatic heterocycles. The number of primary amides is 1. The number of carbonyl (C=O) groups is 1. The number of hydrogen-bond acceptors (Lipinski definition) is 5. The highest BCUT2D eigenvalue weighted by Crippen LogP contribution is 2.50. The third-order valence-corrected chi connectivity index (χ3v) is 6.01. The largest absolute Gasteiger partial charge is 0.374 e. The molecule has 1 amide bonds. The van der Waals surface area contributed by atoms with Crippen molar-refractivity contribution in [2.45, 2.75) is 51.9 Å². The van der Waals surface area contributed by atoms with Gasteiger partial charge in [0.15, 0.2) is 0 Å². The zero-order chi connectivity index (χ0) is 20.0. The van der Waals surface area contributed by atoms with Gasteiger partial charge in [-0.25, -0.2) is 4.98 Å². The molecule has 1 unspecified atom stereocenters. The Bertz CT molecular complexity index is 894. The van der Waals surface area contributed by atoms with E-state index in [2.05, 4.69) is 22.1 Å². The predicted molar refractivity (Wildman–Crippen MR) is 110 cm³/mol. The van der Waals surface area contributed by atoms with Crippen LogP contribution in [0.2, 0.25) is 0 Å². The van der Waals surface area contributed by atoms with Crippen molar-refractivity contribution < 1.29 is 9.90 Å². The van der Waals surface area contributed by atoms with Crippen molar-refractivity contribution in [1.29, 1.82) is 0 Å². The van der Waals surface area contributed by atoms with Crippen molar-refractivity contribution in [2.75, 3.05) is 10.2 Å². The molecule has 0 spiro atoms. The highest BCUT2D eigenvalue weighted by molar-refractivity contribution is 5.93. The fourth-order valence-electron chi connectivity index (χ4n) is 4.62. The number of aliphatic hydroxyl groups excluding tert-OH is 1. The summed E-state index contributed by atoms with van der Waals surface area (Å²) in [5, 5.41) is 14.2. The number of rotatable bonds is 5. The number of aryl methyl sites for hydroxylation is 1. The van der Waals surface area contributed by atoms with Crippen molar-refractivity contribution in [1.82, 2.24) is 4.98 Å². The highest BCUT2D eigenvalue weighted by Gasteiger charge is 2.47. The lowest BCUT2D eigenvalue weighted by molar-refractivity contribution is 0.1000. The number of nitrogens with zero attached hydrogens (tertiary/aromatic N) is 2. The maximum Gasteiger partial charge on any atom is 0.248 e. The maximum absolute atomic E-state index is 11.8. The number of nitrogens with two attached hydrogens (primary N) is 1. The number of pyridine rings is 1. The van der Waals surface area contributed by atoms with Gasteiger partial charge in [-0.2, -0.15) is 0 Å². The number of amides is 1. The first-order valence-corrected chi connectivity index (χ1v) is 9.97. The number of carbonyl (C=O) groups excluding carboxylic acids is 1. The van der Waals surface area contributed by atoms with E-state index in [1.807, 2.05) is 44.2 Å². The van der Waals surface area contributed by atoms with Crippen molar-refractivity contribution in [2.24, 2.45) is 17.6 Å². The van der Waals surface area contributed by atoms with E-state index in [1.54, 1.807) is 6.07 Å². The molecule has 1 aromatic heterocycles. The summed E-state index contributed by atoms with van der Waals surface area (Å²) in [7, 11) is 0. The second-order valence-electron chi connectivity index (χ2n) is 8.15. The molecule has 28 heavy (non-hydrogen) atoms. The average molecular weight is 380 g/mol. The summed E-state index contributed by atoms with van der Waals surface area (Å²) in [6.45, 7) is 5.99. The normalized spacial score (nSPS) is 25.1. The van der Waals surface area contributed by atoms with Gasteiger partial charge in [-0.1, -0.05) is 13.0 Å². The fraction of sp³-hybridized carbons (Fsp3) is 0.455. The van der Waals surface area contributed by atoms with Gasteiger partial charge < -0.3 is 21.1 Å². The minimum absolute atomic E-state index is 0.0239. The van der Waals surface area contributed by atoms with Crippen LogP contribution >= 0.6 is 0 Å². The van der Waals surface area contributed by atoms with Gasteiger partial charge in [-0.05, 0) is 68.5 Å². The van der Waals surface area contributed by atoms with E-state index in [0.717, 1.165) is 22.8 Å². The van der Waals surface area contributed by atoms with E-state index in [9.17, 15) is 9.90 Å². The monoisotopic (exact) mass is 380 g/mol. The Labute approximate surface area is 165 Å². The number of benzene rings is 1. The van der Waals surface area contributed by atoms with Crippen LogP contribution in [0.3, 0.4) is 0 Å². The molecule has 0 bridgehead atoms. The lowest BCUT2D eigenvalue weighted by Crippen LogP contribution is -2.52. The Morgan fingerprint density at radius 2 is 2.07 bits per heavy atom. The molecule has 1 saturated carbocycles. The van der Waals surface area contributed by atoms with E-state index < -0.39 is 12.1 Å². The van der Waals surface area contributed by atoms with Gasteiger partial charge in [0.25, 0.3) is 0 Å². The molecule has 0 saturated heterocycles. The van der Waals surface area contributed by atoms with Crippen LogP contribution < -0.4 is 16.0 Å². The molecule has 6 heteroatoms. The van der Waals surface area contributed by atoms with Gasteiger partial charge in [0.1, 0.15) is 12.0 Å². The Hall–Kier alpha value is -2.60. The lowest BCUT2D eigenvalue weighted by atomic mass is 9.79. The summed E-state index contributed by atoms with van der Waals surface area (Å²) in [6, 6.07) is 11.7. The molecule has 6 nitrogen and oxygen atoms in total. The number of aliphatic hydroxyl groups is 1. The molecular formula is C22H28N4O2. The first-order valence-electron chi connectivity index (χ1n) is 9.97. The first-order chi connectivity index (χ1) is 13.4. The van der Waals surface area contributed by atoms with Crippen LogP contribution in [0.15, 0.2) is 36.4 Å². The Morgan fingerprint density at radius 1 is 1.32 bits per heavy atom. The van der Waals surface area contributed by atoms with Crippen molar-refractivity contribution in [3.63, 3.8) is 0 Å². The van der Waals surface area contributed by atoms with Crippen molar-refractivity contribution in [3.8, 4) is 0 Å². The third-order valence-electron chi connectivity index (χ3n) is 6.01. The zero-order valence-corrected chi connectivity index (χ0v) is 16.6. The molecule has 4 atom stereocenters. The van der Waals surface area contributed by atoms with E-state index in [1.165, 1.54) is 12.8 Å². The topological polar surface area (TPSA) is 91.5 Å². The van der Waals surface area contributed by atoms with E-state index in [0.29, 0.717) is 11.5 Å². The SMILES string of the molecule is Cc1cccc(N[C@H]2c3cc(C(N)=O)ccc3N(C(C)O)[C@@H](C3CC3)[C@@H]2C)n1. The van der Waals surface area contributed by atoms with E-state index in [-0.39, 0.29) is 18.0 Å². The second kappa shape index (κ2) is 7.09. The number of anilines is 2. The Morgan fingerprint density at radius 3 is 2.68 bits per heavy atom. The van der Waals surface area contributed by atoms with Crippen molar-refractivity contribution >= 4 is 17.4 Å². The summed E-state index contributed by atoms with van der Waals surface area (Å²) < 4.78 is 0. The summed E-state index contributed by atoms with van der Waals surface area (Å²) >= 11 is 0. The van der Waals surface area contributed by atoms with Crippen LogP contribution in [0.5, 0.6) is 0 Å². The molecule has 1 aliphatic carbocycles. The number of nitrogens with one attached hydrogen (secondary N) is 1. The van der Waals surface area contributed by atoms with Gasteiger partial charge in [-0.3, -0.25) is 4.79 Å². The molecule has 0 radical (unpaired) electrons. The fourth-order valence-corrected chi connectivity index (χ4v) is 4.62. The standard InChI is InChI=1S/C22H28N4O2/c1-12-5-4-6-19(24-12)25-20-13(2)21(15-7-8-15)26(14(3)27)18-10-9-16(22(23)28)11-17(18)20/h4-6,9-11,13-15,20-21,27H,7-8H2,1-3H3,(H2,23,28)(H,24,25)/t13-,14?,20-,21-/m1/s1. The van der Waals surface area contributed by atoms with Crippen LogP contribution in [-0.2, 0) is 0 Å². The van der Waals surface area contributed by atoms with Gasteiger partial charge in [-0.15, -0.1) is 0 Å². The van der Waals surface area contributed by atoms with Crippen LogP contribution in [-0.4, -0.2) is 28.3 Å². The Kier molecular flexibility index (Phi) is 4.75. The molecule has 1 aromatic carbocycles. The molecule has 148 valence electrons. The molecular weight excluding hydrogens is 352 g/mol. The van der Waals surface area contributed by atoms with Crippen LogP contribution in [0.1, 0.15) is 54.3 Å². The molecule has 2 aliphatic rings. The second-order valence-corrected chi connectivity index (χ2v) is 8.15. The lowest BCUT2D eigenvalue weighted by Gasteiger charge is -2.48. The summed E-state index contributed by atoms with van der Waals surface area (Å²) in [5.74, 6) is 1.16. The minimum atomic E-state index is -0.607. The van der Waals surface area contributed by atoms with Gasteiger partial charge >= 0.3 is 0 Å². The first kappa shape index (κ1) is 18.7. The highest BCUT2D eigenvalue weighted by atomic mass is 16.3. The smallest absolute Gasteiger partial charge is 0.248 e. The van der Waals surface area contributed by atoms with Crippen LogP contribution in [0.4, 0.5) is 11.5 Å². The van der Waals surface area contributed by atoms with Crippen LogP contribution in [0.25, 0.3) is 0 Å². The third kappa shape index (κ3) is 3.33. The zero-order valence-electron chi connectivity index (χ0n) is 16.6. The molecule has 1 fully saturated rings. The number of fused-ring (bicyclic) bond motifs is 1. The maximum atomic E-state index is 11.8. The van der Waals surface area contributed by atoms with Crippen molar-refractivity contribution in [3.05, 3.63) is 53.2 Å². The van der Waals surface area contributed by atoms with E-state index in [4.69, 9.17) is 5.73 Å². The molecule has 4 N–H and O–H groups in total. The summed E-state index contributed by atoms with van der Waals surface area (Å²) in [6.07, 6.45) is 1.76. The quantitative estimate of drug-likeness (QED) is 0.741. The Balaban J connectivity index is 1.82. The van der Waals surface area contributed by atoms with Gasteiger partial charge in [0, 0.05) is 28.9 Å². The number of hydrogen-bond donors (Lipinski definition) is 3. The molecule has 2 aromatic rings. The molecule has 4 rings (SSSR count). The summed E-state index contributed by atoms with van der Waals surface area (Å²) in [5.41, 5.74) is 8.91. The summed E-state index contributed by atoms with van der Waals surface area (Å²) in [4.78, 5) is 18.5. The van der Waals surface area contributed by atoms with Gasteiger partial charge in [0.2, 0.25) is 5.91 Å². The minimum Gasteiger partial charge on any atom is -0.374 e. The van der Waals surface area contributed by atoms with E-state index >= 15 is 0 Å². The van der Waals surface area contributed by atoms with Gasteiger partial charge in [0.05, 0.1) is 6.04 Å². The molecule has 2 heterocycles. The average Bonchev–Trinajstić information content (AvgIpc) is 3.47. The predicted octanol–water partition coefficient (Wildman–Crippen LogP) is 3.22. The van der Waals surface area contributed by atoms with Crippen LogP contribution in [0, 0.1) is 18.8 Å².